The molecular weight excluding hydrogens is 324 g/mol. The van der Waals surface area contributed by atoms with Gasteiger partial charge in [0.1, 0.15) is 0 Å². The van der Waals surface area contributed by atoms with Crippen LogP contribution in [0, 0.1) is 5.92 Å². The van der Waals surface area contributed by atoms with E-state index in [2.05, 4.69) is 6.07 Å². The second-order valence-electron chi connectivity index (χ2n) is 6.66. The summed E-state index contributed by atoms with van der Waals surface area (Å²) in [7, 11) is -3.18. The molecule has 0 atom stereocenters. The minimum absolute atomic E-state index is 0.259. The lowest BCUT2D eigenvalue weighted by Gasteiger charge is -2.26. The van der Waals surface area contributed by atoms with Gasteiger partial charge in [0.2, 0.25) is 6.79 Å². The Morgan fingerprint density at radius 2 is 1.71 bits per heavy atom. The predicted molar refractivity (Wildman–Crippen MR) is 92.2 cm³/mol. The zero-order valence-electron chi connectivity index (χ0n) is 13.6. The zero-order chi connectivity index (χ0) is 16.7. The molecule has 4 nitrogen and oxygen atoms in total. The summed E-state index contributed by atoms with van der Waals surface area (Å²) >= 11 is 0. The van der Waals surface area contributed by atoms with Crippen LogP contribution in [0.5, 0.6) is 11.5 Å². The molecular formula is C19H20O4S. The fraction of sp³-hybridized carbons (Fsp3) is 0.368. The van der Waals surface area contributed by atoms with Crippen molar-refractivity contribution in [1.29, 1.82) is 0 Å². The molecule has 1 heterocycles. The first-order valence-electron chi connectivity index (χ1n) is 8.24. The highest BCUT2D eigenvalue weighted by Gasteiger charge is 2.23. The molecule has 2 aromatic rings. The van der Waals surface area contributed by atoms with Crippen molar-refractivity contribution in [3.63, 3.8) is 0 Å². The largest absolute Gasteiger partial charge is 0.454 e. The van der Waals surface area contributed by atoms with E-state index in [1.165, 1.54) is 31.1 Å². The van der Waals surface area contributed by atoms with E-state index in [0.717, 1.165) is 35.0 Å². The van der Waals surface area contributed by atoms with E-state index in [1.807, 2.05) is 18.2 Å². The quantitative estimate of drug-likeness (QED) is 0.846. The molecule has 5 heteroatoms. The first kappa shape index (κ1) is 15.5. The van der Waals surface area contributed by atoms with Gasteiger partial charge in [-0.3, -0.25) is 0 Å². The number of rotatable bonds is 4. The smallest absolute Gasteiger partial charge is 0.231 e. The molecule has 0 radical (unpaired) electrons. The first-order valence-corrected chi connectivity index (χ1v) is 10.1. The first-order chi connectivity index (χ1) is 11.5. The maximum Gasteiger partial charge on any atom is 0.231 e. The molecule has 24 heavy (non-hydrogen) atoms. The Morgan fingerprint density at radius 3 is 2.29 bits per heavy atom. The molecule has 126 valence electrons. The van der Waals surface area contributed by atoms with Crippen molar-refractivity contribution in [2.24, 2.45) is 5.92 Å². The molecule has 0 bridgehead atoms. The van der Waals surface area contributed by atoms with Gasteiger partial charge in [-0.25, -0.2) is 8.42 Å². The summed E-state index contributed by atoms with van der Waals surface area (Å²) in [6, 6.07) is 11.2. The zero-order valence-corrected chi connectivity index (χ0v) is 14.4. The molecule has 0 aromatic heterocycles. The van der Waals surface area contributed by atoms with Gasteiger partial charge < -0.3 is 9.47 Å². The lowest BCUT2D eigenvalue weighted by Crippen LogP contribution is -2.14. The number of sulfone groups is 1. The van der Waals surface area contributed by atoms with Crippen molar-refractivity contribution in [3.8, 4) is 22.6 Å². The van der Waals surface area contributed by atoms with Crippen LogP contribution in [0.25, 0.3) is 11.1 Å². The Balaban J connectivity index is 1.75. The van der Waals surface area contributed by atoms with Crippen molar-refractivity contribution < 1.29 is 17.9 Å². The van der Waals surface area contributed by atoms with Crippen LogP contribution in [-0.2, 0) is 16.3 Å². The lowest BCUT2D eigenvalue weighted by molar-refractivity contribution is 0.174. The van der Waals surface area contributed by atoms with Crippen molar-refractivity contribution in [2.45, 2.75) is 30.6 Å². The number of hydrogen-bond acceptors (Lipinski definition) is 4. The van der Waals surface area contributed by atoms with Crippen LogP contribution < -0.4 is 9.47 Å². The minimum atomic E-state index is -3.18. The van der Waals surface area contributed by atoms with Crippen LogP contribution in [0.2, 0.25) is 0 Å². The maximum atomic E-state index is 11.7. The van der Waals surface area contributed by atoms with Crippen molar-refractivity contribution in [3.05, 3.63) is 42.0 Å². The molecule has 0 unspecified atom stereocenters. The summed E-state index contributed by atoms with van der Waals surface area (Å²) in [5.74, 6) is 2.30. The minimum Gasteiger partial charge on any atom is -0.454 e. The summed E-state index contributed by atoms with van der Waals surface area (Å²) in [6.07, 6.45) is 6.12. The van der Waals surface area contributed by atoms with Crippen molar-refractivity contribution in [2.75, 3.05) is 13.0 Å². The van der Waals surface area contributed by atoms with Gasteiger partial charge in [-0.15, -0.1) is 0 Å². The standard InChI is InChI=1S/C19H20O4S/c1-24(20,21)16-7-5-14(6-8-16)17-11-19-18(22-12-23-19)10-15(17)9-13-3-2-4-13/h5-8,10-11,13H,2-4,9,12H2,1H3. The fourth-order valence-corrected chi connectivity index (χ4v) is 3.94. The third-order valence-electron chi connectivity index (χ3n) is 4.93. The molecule has 2 aliphatic rings. The summed E-state index contributed by atoms with van der Waals surface area (Å²) in [4.78, 5) is 0.340. The average molecular weight is 344 g/mol. The Bertz CT molecular complexity index is 865. The maximum absolute atomic E-state index is 11.7. The highest BCUT2D eigenvalue weighted by atomic mass is 32.2. The third-order valence-corrected chi connectivity index (χ3v) is 6.05. The van der Waals surface area contributed by atoms with E-state index in [9.17, 15) is 8.42 Å². The molecule has 2 aromatic carbocycles. The molecule has 1 saturated carbocycles. The van der Waals surface area contributed by atoms with Gasteiger partial charge in [-0.1, -0.05) is 31.4 Å². The fourth-order valence-electron chi connectivity index (χ4n) is 3.31. The van der Waals surface area contributed by atoms with Crippen LogP contribution in [-0.4, -0.2) is 21.5 Å². The summed E-state index contributed by atoms with van der Waals surface area (Å²) < 4.78 is 34.4. The van der Waals surface area contributed by atoms with E-state index in [4.69, 9.17) is 9.47 Å². The highest BCUT2D eigenvalue weighted by molar-refractivity contribution is 7.90. The lowest BCUT2D eigenvalue weighted by atomic mass is 9.79. The normalized spacial score (nSPS) is 16.9. The van der Waals surface area contributed by atoms with E-state index in [-0.39, 0.29) is 6.79 Å². The van der Waals surface area contributed by atoms with Crippen LogP contribution in [0.4, 0.5) is 0 Å². The molecule has 0 spiro atoms. The molecule has 0 saturated heterocycles. The van der Waals surface area contributed by atoms with Gasteiger partial charge in [0.15, 0.2) is 21.3 Å². The molecule has 1 aliphatic heterocycles. The van der Waals surface area contributed by atoms with Crippen molar-refractivity contribution >= 4 is 9.84 Å². The average Bonchev–Trinajstić information content (AvgIpc) is 2.96. The molecule has 4 rings (SSSR count). The second kappa shape index (κ2) is 5.81. The highest BCUT2D eigenvalue weighted by Crippen LogP contribution is 2.41. The van der Waals surface area contributed by atoms with E-state index in [0.29, 0.717) is 4.90 Å². The Morgan fingerprint density at radius 1 is 1.04 bits per heavy atom. The number of benzene rings is 2. The topological polar surface area (TPSA) is 52.6 Å². The number of fused-ring (bicyclic) bond motifs is 1. The van der Waals surface area contributed by atoms with Gasteiger partial charge in [0.05, 0.1) is 4.90 Å². The van der Waals surface area contributed by atoms with Crippen molar-refractivity contribution in [1.82, 2.24) is 0 Å². The van der Waals surface area contributed by atoms with Gasteiger partial charge in [-0.2, -0.15) is 0 Å². The van der Waals surface area contributed by atoms with Crippen LogP contribution in [0.1, 0.15) is 24.8 Å². The van der Waals surface area contributed by atoms with E-state index >= 15 is 0 Å². The van der Waals surface area contributed by atoms with Gasteiger partial charge in [0.25, 0.3) is 0 Å². The Labute approximate surface area is 142 Å². The Kier molecular flexibility index (Phi) is 3.76. The van der Waals surface area contributed by atoms with Gasteiger partial charge in [-0.05, 0) is 53.3 Å². The van der Waals surface area contributed by atoms with Gasteiger partial charge >= 0.3 is 0 Å². The summed E-state index contributed by atoms with van der Waals surface area (Å²) in [5.41, 5.74) is 3.36. The molecule has 0 amide bonds. The van der Waals surface area contributed by atoms with Gasteiger partial charge in [0, 0.05) is 6.26 Å². The second-order valence-corrected chi connectivity index (χ2v) is 8.68. The third kappa shape index (κ3) is 2.88. The predicted octanol–water partition coefficient (Wildman–Crippen LogP) is 3.83. The molecule has 1 fully saturated rings. The Hall–Kier alpha value is -2.01. The van der Waals surface area contributed by atoms with Crippen LogP contribution in [0.3, 0.4) is 0 Å². The molecule has 0 N–H and O–H groups in total. The van der Waals surface area contributed by atoms with E-state index < -0.39 is 9.84 Å². The summed E-state index contributed by atoms with van der Waals surface area (Å²) in [5, 5.41) is 0. The SMILES string of the molecule is CS(=O)(=O)c1ccc(-c2cc3c(cc2CC2CCC2)OCO3)cc1. The van der Waals surface area contributed by atoms with Crippen LogP contribution in [0.15, 0.2) is 41.3 Å². The number of ether oxygens (including phenoxy) is 2. The molecule has 1 aliphatic carbocycles. The monoisotopic (exact) mass is 344 g/mol. The van der Waals surface area contributed by atoms with Crippen LogP contribution >= 0.6 is 0 Å². The summed E-state index contributed by atoms with van der Waals surface area (Å²) in [6.45, 7) is 0.259. The number of hydrogen-bond donors (Lipinski definition) is 0. The van der Waals surface area contributed by atoms with E-state index in [1.54, 1.807) is 12.1 Å².